The Morgan fingerprint density at radius 3 is 2.21 bits per heavy atom. The van der Waals surface area contributed by atoms with E-state index in [9.17, 15) is 14.7 Å². The fraction of sp³-hybridized carbons (Fsp3) is 0.500. The Kier molecular flexibility index (Phi) is 9.95. The number of rotatable bonds is 11. The number of carboxylic acid groups (broad SMARTS) is 1. The monoisotopic (exact) mass is 454 g/mol. The van der Waals surface area contributed by atoms with E-state index in [0.29, 0.717) is 23.5 Å². The van der Waals surface area contributed by atoms with E-state index in [1.54, 1.807) is 6.07 Å². The topological polar surface area (TPSA) is 72.8 Å². The highest BCUT2D eigenvalue weighted by Crippen LogP contribution is 2.42. The lowest BCUT2D eigenvalue weighted by Gasteiger charge is -2.22. The molecule has 0 heterocycles. The number of hydrogen-bond donors (Lipinski definition) is 1. The van der Waals surface area contributed by atoms with Gasteiger partial charge in [0.25, 0.3) is 0 Å². The van der Waals surface area contributed by atoms with Crippen LogP contribution in [0.3, 0.4) is 0 Å². The Morgan fingerprint density at radius 2 is 1.64 bits per heavy atom. The van der Waals surface area contributed by atoms with Crippen LogP contribution in [0.5, 0.6) is 5.75 Å². The zero-order valence-electron chi connectivity index (χ0n) is 20.9. The molecule has 0 aliphatic carbocycles. The Hall–Kier alpha value is -2.82. The van der Waals surface area contributed by atoms with Crippen molar-refractivity contribution in [2.45, 2.75) is 85.5 Å². The first-order chi connectivity index (χ1) is 15.7. The largest absolute Gasteiger partial charge is 0.513 e. The van der Waals surface area contributed by atoms with Gasteiger partial charge in [0.2, 0.25) is 0 Å². The molecule has 180 valence electrons. The van der Waals surface area contributed by atoms with Gasteiger partial charge in [-0.1, -0.05) is 72.6 Å². The van der Waals surface area contributed by atoms with Crippen molar-refractivity contribution in [2.75, 3.05) is 6.61 Å². The van der Waals surface area contributed by atoms with Gasteiger partial charge >= 0.3 is 12.1 Å². The first-order valence-corrected chi connectivity index (χ1v) is 12.1. The van der Waals surface area contributed by atoms with E-state index in [0.717, 1.165) is 48.8 Å². The zero-order chi connectivity index (χ0) is 24.5. The van der Waals surface area contributed by atoms with Crippen molar-refractivity contribution in [3.05, 3.63) is 52.6 Å². The highest BCUT2D eigenvalue weighted by atomic mass is 16.7. The SMILES string of the molecule is CCCCOC(=O)Oc1cc(C(C)C)cc(C(C)C)c1-c1cc(CCCC)ccc1C(=O)O. The minimum atomic E-state index is -1.01. The van der Waals surface area contributed by atoms with Crippen molar-refractivity contribution in [3.8, 4) is 16.9 Å². The molecule has 1 N–H and O–H groups in total. The molecule has 0 bridgehead atoms. The lowest BCUT2D eigenvalue weighted by Crippen LogP contribution is -2.14. The van der Waals surface area contributed by atoms with Crippen LogP contribution in [0.15, 0.2) is 30.3 Å². The van der Waals surface area contributed by atoms with Crippen molar-refractivity contribution in [1.29, 1.82) is 0 Å². The maximum Gasteiger partial charge on any atom is 0.513 e. The van der Waals surface area contributed by atoms with Crippen LogP contribution in [0, 0.1) is 0 Å². The van der Waals surface area contributed by atoms with Crippen molar-refractivity contribution in [3.63, 3.8) is 0 Å². The quantitative estimate of drug-likeness (QED) is 0.212. The molecule has 2 aromatic rings. The normalized spacial score (nSPS) is 11.2. The van der Waals surface area contributed by atoms with Gasteiger partial charge < -0.3 is 14.6 Å². The maximum atomic E-state index is 12.5. The van der Waals surface area contributed by atoms with E-state index < -0.39 is 12.1 Å². The van der Waals surface area contributed by atoms with E-state index in [1.165, 1.54) is 0 Å². The molecule has 5 nitrogen and oxygen atoms in total. The third kappa shape index (κ3) is 7.08. The summed E-state index contributed by atoms with van der Waals surface area (Å²) in [5.74, 6) is -0.351. The Labute approximate surface area is 198 Å². The highest BCUT2D eigenvalue weighted by Gasteiger charge is 2.24. The Morgan fingerprint density at radius 1 is 0.939 bits per heavy atom. The lowest BCUT2D eigenvalue weighted by atomic mass is 9.85. The average Bonchev–Trinajstić information content (AvgIpc) is 2.76. The summed E-state index contributed by atoms with van der Waals surface area (Å²) in [4.78, 5) is 24.7. The van der Waals surface area contributed by atoms with Crippen LogP contribution in [0.2, 0.25) is 0 Å². The van der Waals surface area contributed by atoms with Gasteiger partial charge in [-0.15, -0.1) is 0 Å². The molecule has 0 spiro atoms. The number of benzene rings is 2. The number of hydrogen-bond acceptors (Lipinski definition) is 4. The number of carboxylic acids is 1. The van der Waals surface area contributed by atoms with Crippen LogP contribution in [0.1, 0.15) is 106 Å². The Bertz CT molecular complexity index is 959. The molecule has 0 fully saturated rings. The second kappa shape index (κ2) is 12.4. The number of aromatic carboxylic acids is 1. The molecule has 5 heteroatoms. The van der Waals surface area contributed by atoms with Crippen LogP contribution in [-0.4, -0.2) is 23.8 Å². The third-order valence-corrected chi connectivity index (χ3v) is 5.76. The van der Waals surface area contributed by atoms with E-state index in [1.807, 2.05) is 25.1 Å². The predicted molar refractivity (Wildman–Crippen MR) is 133 cm³/mol. The van der Waals surface area contributed by atoms with E-state index >= 15 is 0 Å². The van der Waals surface area contributed by atoms with Crippen molar-refractivity contribution < 1.29 is 24.2 Å². The second-order valence-electron chi connectivity index (χ2n) is 9.14. The lowest BCUT2D eigenvalue weighted by molar-refractivity contribution is 0.0697. The molecular weight excluding hydrogens is 416 g/mol. The number of ether oxygens (including phenoxy) is 2. The minimum Gasteiger partial charge on any atom is -0.478 e. The number of carbonyl (C=O) groups is 2. The van der Waals surface area contributed by atoms with Crippen LogP contribution in [0.25, 0.3) is 11.1 Å². The molecule has 0 amide bonds. The molecule has 0 radical (unpaired) electrons. The standard InChI is InChI=1S/C28H38O5/c1-7-9-11-20-12-13-22(27(29)30)24(15-20)26-23(19(5)6)16-21(18(3)4)17-25(26)33-28(31)32-14-10-8-2/h12-13,15-19H,7-11,14H2,1-6H3,(H,29,30). The van der Waals surface area contributed by atoms with Crippen LogP contribution >= 0.6 is 0 Å². The van der Waals surface area contributed by atoms with Crippen molar-refractivity contribution >= 4 is 12.1 Å². The molecule has 2 aromatic carbocycles. The molecule has 0 aliphatic heterocycles. The maximum absolute atomic E-state index is 12.5. The van der Waals surface area contributed by atoms with Crippen LogP contribution < -0.4 is 4.74 Å². The van der Waals surface area contributed by atoms with Crippen LogP contribution in [-0.2, 0) is 11.2 Å². The summed E-state index contributed by atoms with van der Waals surface area (Å²) in [6.45, 7) is 12.7. The van der Waals surface area contributed by atoms with E-state index in [-0.39, 0.29) is 17.4 Å². The van der Waals surface area contributed by atoms with Gasteiger partial charge in [0, 0.05) is 11.1 Å². The van der Waals surface area contributed by atoms with Gasteiger partial charge in [-0.25, -0.2) is 9.59 Å². The third-order valence-electron chi connectivity index (χ3n) is 5.76. The highest BCUT2D eigenvalue weighted by molar-refractivity contribution is 5.98. The van der Waals surface area contributed by atoms with Gasteiger partial charge in [-0.3, -0.25) is 0 Å². The second-order valence-corrected chi connectivity index (χ2v) is 9.14. The molecule has 0 atom stereocenters. The molecule has 2 rings (SSSR count). The average molecular weight is 455 g/mol. The van der Waals surface area contributed by atoms with Crippen molar-refractivity contribution in [2.24, 2.45) is 0 Å². The number of unbranched alkanes of at least 4 members (excludes halogenated alkanes) is 2. The zero-order valence-corrected chi connectivity index (χ0v) is 20.9. The number of aryl methyl sites for hydroxylation is 1. The van der Waals surface area contributed by atoms with E-state index in [2.05, 4.69) is 40.7 Å². The first kappa shape index (κ1) is 26.4. The van der Waals surface area contributed by atoms with E-state index in [4.69, 9.17) is 9.47 Å². The Balaban J connectivity index is 2.73. The smallest absolute Gasteiger partial charge is 0.478 e. The predicted octanol–water partition coefficient (Wildman–Crippen LogP) is 7.96. The summed E-state index contributed by atoms with van der Waals surface area (Å²) in [5.41, 5.74) is 4.46. The molecule has 33 heavy (non-hydrogen) atoms. The minimum absolute atomic E-state index is 0.0955. The fourth-order valence-electron chi connectivity index (χ4n) is 3.76. The van der Waals surface area contributed by atoms with Gasteiger partial charge in [0.15, 0.2) is 0 Å². The summed E-state index contributed by atoms with van der Waals surface area (Å²) in [5, 5.41) is 9.95. The first-order valence-electron chi connectivity index (χ1n) is 12.1. The van der Waals surface area contributed by atoms with Crippen LogP contribution in [0.4, 0.5) is 4.79 Å². The molecular formula is C28H38O5. The molecule has 0 aliphatic rings. The van der Waals surface area contributed by atoms with Gasteiger partial charge in [0.1, 0.15) is 5.75 Å². The summed E-state index contributed by atoms with van der Waals surface area (Å²) in [6.07, 6.45) is 3.83. The summed E-state index contributed by atoms with van der Waals surface area (Å²) in [7, 11) is 0. The summed E-state index contributed by atoms with van der Waals surface area (Å²) in [6, 6.07) is 9.42. The van der Waals surface area contributed by atoms with Gasteiger partial charge in [0.05, 0.1) is 12.2 Å². The van der Waals surface area contributed by atoms with Gasteiger partial charge in [-0.05, 0) is 59.9 Å². The summed E-state index contributed by atoms with van der Waals surface area (Å²) < 4.78 is 11.0. The van der Waals surface area contributed by atoms with Crippen molar-refractivity contribution in [1.82, 2.24) is 0 Å². The summed E-state index contributed by atoms with van der Waals surface area (Å²) >= 11 is 0. The van der Waals surface area contributed by atoms with Gasteiger partial charge in [-0.2, -0.15) is 0 Å². The molecule has 0 saturated heterocycles. The molecule has 0 saturated carbocycles. The molecule has 0 unspecified atom stereocenters. The number of carbonyl (C=O) groups excluding carboxylic acids is 1. The fourth-order valence-corrected chi connectivity index (χ4v) is 3.76. The molecule has 0 aromatic heterocycles.